The van der Waals surface area contributed by atoms with Gasteiger partial charge in [-0.3, -0.25) is 0 Å². The Balaban J connectivity index is 2.30. The first-order valence-electron chi connectivity index (χ1n) is 4.22. The molecule has 0 aromatic carbocycles. The highest BCUT2D eigenvalue weighted by molar-refractivity contribution is 7.99. The van der Waals surface area contributed by atoms with E-state index in [0.717, 1.165) is 12.5 Å². The number of likely N-dealkylation sites (N-methyl/N-ethyl adjacent to an activating group) is 1. The van der Waals surface area contributed by atoms with Crippen molar-refractivity contribution in [3.63, 3.8) is 0 Å². The number of rotatable bonds is 3. The van der Waals surface area contributed by atoms with Crippen LogP contribution in [0.15, 0.2) is 11.6 Å². The Morgan fingerprint density at radius 3 is 3.09 bits per heavy atom. The normalized spacial score (nSPS) is 26.0. The third kappa shape index (κ3) is 3.30. The number of allylic oxidation sites excluding steroid dienone is 1. The molecule has 2 heteroatoms. The number of nitrogens with one attached hydrogen (secondary N) is 1. The van der Waals surface area contributed by atoms with E-state index < -0.39 is 0 Å². The number of thioether (sulfide) groups is 1. The van der Waals surface area contributed by atoms with Crippen molar-refractivity contribution in [2.45, 2.75) is 13.3 Å². The van der Waals surface area contributed by atoms with Crippen LogP contribution in [0.2, 0.25) is 0 Å². The molecule has 0 bridgehead atoms. The van der Waals surface area contributed by atoms with Gasteiger partial charge in [-0.15, -0.1) is 0 Å². The lowest BCUT2D eigenvalue weighted by atomic mass is 10.1. The Morgan fingerprint density at radius 1 is 1.73 bits per heavy atom. The smallest absolute Gasteiger partial charge is 0.0158 e. The van der Waals surface area contributed by atoms with Crippen molar-refractivity contribution < 1.29 is 0 Å². The molecule has 1 saturated heterocycles. The minimum absolute atomic E-state index is 0.855. The van der Waals surface area contributed by atoms with Gasteiger partial charge in [0.05, 0.1) is 0 Å². The van der Waals surface area contributed by atoms with Gasteiger partial charge < -0.3 is 5.32 Å². The van der Waals surface area contributed by atoms with Crippen LogP contribution in [0.4, 0.5) is 0 Å². The van der Waals surface area contributed by atoms with Crippen molar-refractivity contribution in [3.05, 3.63) is 11.6 Å². The summed E-state index contributed by atoms with van der Waals surface area (Å²) in [6.07, 6.45) is 3.81. The van der Waals surface area contributed by atoms with Gasteiger partial charge in [0.15, 0.2) is 0 Å². The fourth-order valence-electron chi connectivity index (χ4n) is 1.42. The van der Waals surface area contributed by atoms with E-state index in [1.165, 1.54) is 23.5 Å². The fraction of sp³-hybridized carbons (Fsp3) is 0.778. The number of hydrogen-bond acceptors (Lipinski definition) is 2. The van der Waals surface area contributed by atoms with Crippen molar-refractivity contribution in [3.8, 4) is 0 Å². The monoisotopic (exact) mass is 171 g/mol. The molecule has 0 amide bonds. The minimum Gasteiger partial charge on any atom is -0.316 e. The molecule has 1 atom stereocenters. The average molecular weight is 171 g/mol. The standard InChI is InChI=1S/C9H17NS/c1-8(6-10-2)5-9-3-4-11-7-9/h5,9-10H,3-4,6-7H2,1-2H3. The molecule has 1 N–H and O–H groups in total. The van der Waals surface area contributed by atoms with Gasteiger partial charge in [0.25, 0.3) is 0 Å². The van der Waals surface area contributed by atoms with Crippen LogP contribution >= 0.6 is 11.8 Å². The molecule has 1 aliphatic heterocycles. The second-order valence-corrected chi connectivity index (χ2v) is 4.32. The summed E-state index contributed by atoms with van der Waals surface area (Å²) in [5.41, 5.74) is 1.49. The molecule has 0 aromatic heterocycles. The second kappa shape index (κ2) is 4.83. The van der Waals surface area contributed by atoms with Gasteiger partial charge in [-0.1, -0.05) is 11.6 Å². The summed E-state index contributed by atoms with van der Waals surface area (Å²) in [5.74, 6) is 3.54. The van der Waals surface area contributed by atoms with Crippen molar-refractivity contribution in [1.29, 1.82) is 0 Å². The minimum atomic E-state index is 0.855. The van der Waals surface area contributed by atoms with Crippen LogP contribution in [-0.2, 0) is 0 Å². The fourth-order valence-corrected chi connectivity index (χ4v) is 2.63. The highest BCUT2D eigenvalue weighted by atomic mass is 32.2. The highest BCUT2D eigenvalue weighted by Crippen LogP contribution is 2.25. The van der Waals surface area contributed by atoms with Crippen LogP contribution in [0.1, 0.15) is 13.3 Å². The van der Waals surface area contributed by atoms with Crippen LogP contribution in [0.3, 0.4) is 0 Å². The Morgan fingerprint density at radius 2 is 2.55 bits per heavy atom. The quantitative estimate of drug-likeness (QED) is 0.651. The zero-order chi connectivity index (χ0) is 8.10. The molecular weight excluding hydrogens is 154 g/mol. The summed E-state index contributed by atoms with van der Waals surface area (Å²) >= 11 is 2.08. The summed E-state index contributed by atoms with van der Waals surface area (Å²) in [5, 5.41) is 3.17. The van der Waals surface area contributed by atoms with Gasteiger partial charge in [0.2, 0.25) is 0 Å². The molecule has 1 rings (SSSR count). The van der Waals surface area contributed by atoms with Crippen LogP contribution in [0, 0.1) is 5.92 Å². The lowest BCUT2D eigenvalue weighted by molar-refractivity contribution is 0.731. The van der Waals surface area contributed by atoms with Gasteiger partial charge in [0.1, 0.15) is 0 Å². The summed E-state index contributed by atoms with van der Waals surface area (Å²) in [6.45, 7) is 3.25. The SMILES string of the molecule is CNCC(C)=CC1CCSC1. The van der Waals surface area contributed by atoms with Gasteiger partial charge in [0, 0.05) is 6.54 Å². The lowest BCUT2D eigenvalue weighted by Crippen LogP contribution is -2.09. The molecule has 0 radical (unpaired) electrons. The first-order chi connectivity index (χ1) is 5.33. The van der Waals surface area contributed by atoms with Crippen molar-refractivity contribution in [2.24, 2.45) is 5.92 Å². The van der Waals surface area contributed by atoms with E-state index >= 15 is 0 Å². The molecule has 0 spiro atoms. The molecule has 1 unspecified atom stereocenters. The van der Waals surface area contributed by atoms with Crippen molar-refractivity contribution >= 4 is 11.8 Å². The zero-order valence-electron chi connectivity index (χ0n) is 7.39. The average Bonchev–Trinajstić information content (AvgIpc) is 2.40. The maximum Gasteiger partial charge on any atom is 0.0158 e. The van der Waals surface area contributed by atoms with E-state index in [1.807, 2.05) is 7.05 Å². The maximum absolute atomic E-state index is 3.17. The predicted octanol–water partition coefficient (Wildman–Crippen LogP) is 1.91. The Kier molecular flexibility index (Phi) is 4.02. The first kappa shape index (κ1) is 9.14. The molecule has 1 nitrogen and oxygen atoms in total. The summed E-state index contributed by atoms with van der Waals surface area (Å²) in [4.78, 5) is 0. The Bertz CT molecular complexity index is 136. The Hall–Kier alpha value is 0.0500. The molecule has 0 aromatic rings. The molecule has 64 valence electrons. The molecule has 11 heavy (non-hydrogen) atoms. The van der Waals surface area contributed by atoms with E-state index in [2.05, 4.69) is 30.1 Å². The van der Waals surface area contributed by atoms with E-state index in [-0.39, 0.29) is 0 Å². The molecule has 0 saturated carbocycles. The van der Waals surface area contributed by atoms with Crippen molar-refractivity contribution in [2.75, 3.05) is 25.1 Å². The summed E-state index contributed by atoms with van der Waals surface area (Å²) in [7, 11) is 2.00. The van der Waals surface area contributed by atoms with Crippen LogP contribution in [-0.4, -0.2) is 25.1 Å². The first-order valence-corrected chi connectivity index (χ1v) is 5.38. The highest BCUT2D eigenvalue weighted by Gasteiger charge is 2.12. The van der Waals surface area contributed by atoms with E-state index in [9.17, 15) is 0 Å². The summed E-state index contributed by atoms with van der Waals surface area (Å²) in [6, 6.07) is 0. The number of hydrogen-bond donors (Lipinski definition) is 1. The Labute approximate surface area is 73.6 Å². The van der Waals surface area contributed by atoms with Crippen molar-refractivity contribution in [1.82, 2.24) is 5.32 Å². The van der Waals surface area contributed by atoms with Crippen LogP contribution in [0.25, 0.3) is 0 Å². The predicted molar refractivity (Wildman–Crippen MR) is 53.1 cm³/mol. The van der Waals surface area contributed by atoms with Gasteiger partial charge >= 0.3 is 0 Å². The van der Waals surface area contributed by atoms with Gasteiger partial charge in [-0.2, -0.15) is 11.8 Å². The molecule has 1 fully saturated rings. The van der Waals surface area contributed by atoms with E-state index in [4.69, 9.17) is 0 Å². The van der Waals surface area contributed by atoms with Crippen LogP contribution in [0.5, 0.6) is 0 Å². The molecular formula is C9H17NS. The summed E-state index contributed by atoms with van der Waals surface area (Å²) < 4.78 is 0. The second-order valence-electron chi connectivity index (χ2n) is 3.17. The zero-order valence-corrected chi connectivity index (χ0v) is 8.21. The maximum atomic E-state index is 3.17. The topological polar surface area (TPSA) is 12.0 Å². The van der Waals surface area contributed by atoms with Crippen LogP contribution < -0.4 is 5.32 Å². The molecule has 1 aliphatic rings. The third-order valence-corrected chi connectivity index (χ3v) is 3.13. The largest absolute Gasteiger partial charge is 0.316 e. The lowest BCUT2D eigenvalue weighted by Gasteiger charge is -2.04. The van der Waals surface area contributed by atoms with E-state index in [0.29, 0.717) is 0 Å². The van der Waals surface area contributed by atoms with E-state index in [1.54, 1.807) is 0 Å². The van der Waals surface area contributed by atoms with Gasteiger partial charge in [-0.05, 0) is 37.8 Å². The molecule has 0 aliphatic carbocycles. The van der Waals surface area contributed by atoms with Gasteiger partial charge in [-0.25, -0.2) is 0 Å². The molecule has 1 heterocycles. The third-order valence-electron chi connectivity index (χ3n) is 1.94.